The minimum atomic E-state index is 0.924. The van der Waals surface area contributed by atoms with Gasteiger partial charge in [-0.2, -0.15) is 0 Å². The number of likely N-dealkylation sites (N-methyl/N-ethyl adjacent to an activating group) is 1. The maximum absolute atomic E-state index is 5.16. The van der Waals surface area contributed by atoms with Gasteiger partial charge in [-0.05, 0) is 24.6 Å². The monoisotopic (exact) mass is 289 g/mol. The van der Waals surface area contributed by atoms with E-state index in [0.29, 0.717) is 0 Å². The first-order chi connectivity index (χ1) is 9.24. The van der Waals surface area contributed by atoms with Crippen LogP contribution < -0.4 is 0 Å². The third-order valence-electron chi connectivity index (χ3n) is 2.23. The molecule has 0 unspecified atom stereocenters. The minimum Gasteiger partial charge on any atom is -0.379 e. The van der Waals surface area contributed by atoms with Gasteiger partial charge in [0.2, 0.25) is 0 Å². The maximum atomic E-state index is 5.16. The highest BCUT2D eigenvalue weighted by Crippen LogP contribution is 2.07. The highest BCUT2D eigenvalue weighted by atomic mass is 32.2. The Bertz CT molecular complexity index is 187. The largest absolute Gasteiger partial charge is 0.379 e. The van der Waals surface area contributed by atoms with Crippen LogP contribution in [0.25, 0.3) is 0 Å². The topological polar surface area (TPSA) is 12.5 Å². The van der Waals surface area contributed by atoms with Gasteiger partial charge in [0.05, 0.1) is 13.2 Å². The standard InChI is InChI=1S/C6H13NO.C6H10S.2C2H6/c1-2-7-3-5-8-6-4-7;1-4-5-6(2)7-3;2*1-2/h2-6H2,1H3;4-5H,1H2,2-3H3;2*1-2H3/b;6-5-;;. The third kappa shape index (κ3) is 20.2. The first kappa shape index (κ1) is 23.8. The number of ether oxygens (including phenoxy) is 1. The van der Waals surface area contributed by atoms with Gasteiger partial charge in [0.15, 0.2) is 0 Å². The van der Waals surface area contributed by atoms with Crippen molar-refractivity contribution in [2.45, 2.75) is 41.5 Å². The minimum absolute atomic E-state index is 0.924. The van der Waals surface area contributed by atoms with Crippen LogP contribution in [0.3, 0.4) is 0 Å². The fraction of sp³-hybridized carbons (Fsp3) is 0.750. The summed E-state index contributed by atoms with van der Waals surface area (Å²) in [6.45, 7) is 21.1. The molecule has 3 heteroatoms. The Morgan fingerprint density at radius 2 is 1.68 bits per heavy atom. The molecule has 1 heterocycles. The van der Waals surface area contributed by atoms with Gasteiger partial charge in [0, 0.05) is 13.1 Å². The van der Waals surface area contributed by atoms with Crippen molar-refractivity contribution in [1.29, 1.82) is 0 Å². The number of nitrogens with zero attached hydrogens (tertiary/aromatic N) is 1. The normalized spacial score (nSPS) is 14.8. The van der Waals surface area contributed by atoms with Crippen molar-refractivity contribution in [3.05, 3.63) is 23.6 Å². The Kier molecular flexibility index (Phi) is 28.7. The van der Waals surface area contributed by atoms with Crippen LogP contribution in [0.2, 0.25) is 0 Å². The number of thioether (sulfide) groups is 1. The molecule has 116 valence electrons. The van der Waals surface area contributed by atoms with E-state index in [1.54, 1.807) is 17.8 Å². The van der Waals surface area contributed by atoms with Gasteiger partial charge >= 0.3 is 0 Å². The molecule has 0 saturated carbocycles. The van der Waals surface area contributed by atoms with Gasteiger partial charge < -0.3 is 4.74 Å². The smallest absolute Gasteiger partial charge is 0.0594 e. The van der Waals surface area contributed by atoms with Crippen molar-refractivity contribution in [2.75, 3.05) is 39.1 Å². The average molecular weight is 290 g/mol. The molecule has 0 radical (unpaired) electrons. The summed E-state index contributed by atoms with van der Waals surface area (Å²) in [5, 5.41) is 0. The van der Waals surface area contributed by atoms with Crippen molar-refractivity contribution in [2.24, 2.45) is 0 Å². The first-order valence-corrected chi connectivity index (χ1v) is 8.60. The number of morpholine rings is 1. The van der Waals surface area contributed by atoms with E-state index < -0.39 is 0 Å². The van der Waals surface area contributed by atoms with Crippen molar-refractivity contribution in [3.63, 3.8) is 0 Å². The van der Waals surface area contributed by atoms with E-state index in [0.717, 1.165) is 26.3 Å². The van der Waals surface area contributed by atoms with Crippen LogP contribution in [0.1, 0.15) is 41.5 Å². The molecule has 19 heavy (non-hydrogen) atoms. The van der Waals surface area contributed by atoms with Gasteiger partial charge in [-0.3, -0.25) is 4.90 Å². The highest BCUT2D eigenvalue weighted by Gasteiger charge is 2.05. The molecule has 1 saturated heterocycles. The fourth-order valence-corrected chi connectivity index (χ4v) is 1.38. The lowest BCUT2D eigenvalue weighted by Gasteiger charge is -2.24. The van der Waals surface area contributed by atoms with Gasteiger partial charge in [-0.15, -0.1) is 11.8 Å². The van der Waals surface area contributed by atoms with E-state index in [9.17, 15) is 0 Å². The number of hydrogen-bond donors (Lipinski definition) is 0. The third-order valence-corrected chi connectivity index (χ3v) is 3.01. The molecule has 0 aromatic carbocycles. The fourth-order valence-electron chi connectivity index (χ4n) is 1.15. The van der Waals surface area contributed by atoms with Gasteiger partial charge in [-0.25, -0.2) is 0 Å². The average Bonchev–Trinajstić information content (AvgIpc) is 2.53. The summed E-state index contributed by atoms with van der Waals surface area (Å²) in [7, 11) is 0. The summed E-state index contributed by atoms with van der Waals surface area (Å²) in [6.07, 6.45) is 5.84. The Morgan fingerprint density at radius 3 is 1.89 bits per heavy atom. The molecular weight excluding hydrogens is 254 g/mol. The second kappa shape index (κ2) is 22.9. The molecule has 0 aromatic heterocycles. The van der Waals surface area contributed by atoms with Gasteiger partial charge in [0.25, 0.3) is 0 Å². The van der Waals surface area contributed by atoms with Crippen LogP contribution in [-0.2, 0) is 4.74 Å². The maximum Gasteiger partial charge on any atom is 0.0594 e. The number of rotatable bonds is 3. The quantitative estimate of drug-likeness (QED) is 0.690. The molecule has 0 atom stereocenters. The zero-order chi connectivity index (χ0) is 15.5. The molecule has 1 fully saturated rings. The lowest BCUT2D eigenvalue weighted by atomic mass is 10.4. The molecule has 1 rings (SSSR count). The predicted octanol–water partition coefficient (Wildman–Crippen LogP) is 4.83. The van der Waals surface area contributed by atoms with Crippen LogP contribution in [0.4, 0.5) is 0 Å². The molecule has 1 aliphatic rings. The lowest BCUT2D eigenvalue weighted by Crippen LogP contribution is -2.35. The predicted molar refractivity (Wildman–Crippen MR) is 93.1 cm³/mol. The van der Waals surface area contributed by atoms with Crippen LogP contribution in [-0.4, -0.2) is 44.0 Å². The summed E-state index contributed by atoms with van der Waals surface area (Å²) >= 11 is 1.74. The van der Waals surface area contributed by atoms with Crippen molar-refractivity contribution in [3.8, 4) is 0 Å². The number of allylic oxidation sites excluding steroid dienone is 3. The number of hydrogen-bond acceptors (Lipinski definition) is 3. The van der Waals surface area contributed by atoms with E-state index in [-0.39, 0.29) is 0 Å². The van der Waals surface area contributed by atoms with Gasteiger partial charge in [-0.1, -0.05) is 53.3 Å². The summed E-state index contributed by atoms with van der Waals surface area (Å²) in [4.78, 5) is 3.69. The van der Waals surface area contributed by atoms with Crippen molar-refractivity contribution < 1.29 is 4.74 Å². The van der Waals surface area contributed by atoms with E-state index in [1.165, 1.54) is 11.4 Å². The Labute approximate surface area is 126 Å². The molecule has 0 aliphatic carbocycles. The highest BCUT2D eigenvalue weighted by molar-refractivity contribution is 8.02. The summed E-state index contributed by atoms with van der Waals surface area (Å²) in [5.41, 5.74) is 0. The molecule has 0 aromatic rings. The van der Waals surface area contributed by atoms with Crippen molar-refractivity contribution >= 4 is 11.8 Å². The van der Waals surface area contributed by atoms with E-state index in [1.807, 2.05) is 33.8 Å². The molecule has 2 nitrogen and oxygen atoms in total. The lowest BCUT2D eigenvalue weighted by molar-refractivity contribution is 0.0405. The molecule has 1 aliphatic heterocycles. The van der Waals surface area contributed by atoms with Crippen LogP contribution in [0.5, 0.6) is 0 Å². The first-order valence-electron chi connectivity index (χ1n) is 7.38. The second-order valence-corrected chi connectivity index (χ2v) is 4.32. The van der Waals surface area contributed by atoms with E-state index >= 15 is 0 Å². The summed E-state index contributed by atoms with van der Waals surface area (Å²) in [6, 6.07) is 0. The molecular formula is C16H35NOS. The SMILES string of the molecule is C=C/C=C(/C)SC.CC.CC.CCN1CCOCC1. The zero-order valence-electron chi connectivity index (χ0n) is 14.2. The molecule has 0 amide bonds. The van der Waals surface area contributed by atoms with Crippen LogP contribution in [0, 0.1) is 0 Å². The van der Waals surface area contributed by atoms with Crippen LogP contribution >= 0.6 is 11.8 Å². The zero-order valence-corrected chi connectivity index (χ0v) is 15.0. The Balaban J connectivity index is -0.000000215. The van der Waals surface area contributed by atoms with Crippen molar-refractivity contribution in [1.82, 2.24) is 4.90 Å². The molecule has 0 N–H and O–H groups in total. The summed E-state index contributed by atoms with van der Waals surface area (Å²) < 4.78 is 5.16. The Morgan fingerprint density at radius 1 is 1.21 bits per heavy atom. The van der Waals surface area contributed by atoms with Gasteiger partial charge in [0.1, 0.15) is 0 Å². The molecule has 0 bridgehead atoms. The van der Waals surface area contributed by atoms with E-state index in [2.05, 4.69) is 31.6 Å². The molecule has 0 spiro atoms. The van der Waals surface area contributed by atoms with E-state index in [4.69, 9.17) is 4.74 Å². The summed E-state index contributed by atoms with van der Waals surface area (Å²) in [5.74, 6) is 0. The second-order valence-electron chi connectivity index (χ2n) is 3.26. The Hall–Kier alpha value is -0.250. The van der Waals surface area contributed by atoms with Crippen LogP contribution in [0.15, 0.2) is 23.6 Å².